The van der Waals surface area contributed by atoms with Gasteiger partial charge in [0.25, 0.3) is 0 Å². The molecule has 110 valence electrons. The van der Waals surface area contributed by atoms with Gasteiger partial charge in [-0.05, 0) is 6.07 Å². The quantitative estimate of drug-likeness (QED) is 0.889. The number of carbonyl (C=O) groups is 1. The van der Waals surface area contributed by atoms with Crippen molar-refractivity contribution in [3.05, 3.63) is 47.1 Å². The third kappa shape index (κ3) is 2.70. The topological polar surface area (TPSA) is 96.6 Å². The number of fused-ring (bicyclic) bond motifs is 1. The number of hydrogen-bond acceptors (Lipinski definition) is 5. The molecule has 0 spiro atoms. The maximum Gasteiger partial charge on any atom is 0.339 e. The minimum Gasteiger partial charge on any atom is -0.478 e. The highest BCUT2D eigenvalue weighted by molar-refractivity contribution is 7.94. The first kappa shape index (κ1) is 13.8. The Morgan fingerprint density at radius 2 is 2.14 bits per heavy atom. The van der Waals surface area contributed by atoms with Crippen LogP contribution in [0.15, 0.2) is 40.2 Å². The van der Waals surface area contributed by atoms with E-state index in [1.54, 1.807) is 30.3 Å². The maximum absolute atomic E-state index is 11.4. The van der Waals surface area contributed by atoms with Crippen LogP contribution in [-0.2, 0) is 16.4 Å². The Labute approximate surface area is 121 Å². The molecule has 0 radical (unpaired) electrons. The number of benzene rings is 1. The number of hydrogen-bond donors (Lipinski definition) is 2. The second kappa shape index (κ2) is 5.01. The van der Waals surface area contributed by atoms with Crippen LogP contribution in [-0.4, -0.2) is 31.3 Å². The minimum atomic E-state index is -3.14. The van der Waals surface area contributed by atoms with Crippen molar-refractivity contribution in [3.63, 3.8) is 0 Å². The van der Waals surface area contributed by atoms with E-state index in [9.17, 15) is 18.3 Å². The summed E-state index contributed by atoms with van der Waals surface area (Å²) in [6, 6.07) is 6.57. The molecule has 0 aliphatic carbocycles. The highest BCUT2D eigenvalue weighted by Crippen LogP contribution is 2.26. The zero-order valence-electron chi connectivity index (χ0n) is 10.9. The van der Waals surface area contributed by atoms with E-state index in [4.69, 9.17) is 4.42 Å². The van der Waals surface area contributed by atoms with Crippen LogP contribution >= 0.6 is 0 Å². The Hall–Kier alpha value is -2.12. The fourth-order valence-electron chi connectivity index (χ4n) is 2.38. The van der Waals surface area contributed by atoms with Crippen LogP contribution in [0, 0.1) is 0 Å². The van der Waals surface area contributed by atoms with Gasteiger partial charge in [-0.1, -0.05) is 24.3 Å². The van der Waals surface area contributed by atoms with Crippen molar-refractivity contribution in [2.24, 2.45) is 0 Å². The average molecular weight is 307 g/mol. The smallest absolute Gasteiger partial charge is 0.339 e. The van der Waals surface area contributed by atoms with Crippen LogP contribution < -0.4 is 5.32 Å². The highest BCUT2D eigenvalue weighted by atomic mass is 32.2. The molecule has 1 aromatic carbocycles. The van der Waals surface area contributed by atoms with Gasteiger partial charge in [-0.2, -0.15) is 0 Å². The van der Waals surface area contributed by atoms with Gasteiger partial charge in [0.05, 0.1) is 12.3 Å². The summed E-state index contributed by atoms with van der Waals surface area (Å²) in [5, 5.41) is 14.0. The molecule has 2 heterocycles. The molecule has 0 amide bonds. The summed E-state index contributed by atoms with van der Waals surface area (Å²) >= 11 is 0. The summed E-state index contributed by atoms with van der Waals surface area (Å²) in [5.41, 5.74) is 0.615. The molecule has 21 heavy (non-hydrogen) atoms. The SMILES string of the molecule is O=C(O)c1c(CNC2C=CS(=O)(=O)C2)oc2ccccc12. The van der Waals surface area contributed by atoms with Gasteiger partial charge in [0, 0.05) is 16.8 Å². The monoisotopic (exact) mass is 307 g/mol. The number of para-hydroxylation sites is 1. The normalized spacial score (nSPS) is 20.1. The fraction of sp³-hybridized carbons (Fsp3) is 0.214. The lowest BCUT2D eigenvalue weighted by atomic mass is 10.1. The molecular formula is C14H13NO5S. The zero-order valence-corrected chi connectivity index (χ0v) is 11.8. The van der Waals surface area contributed by atoms with Crippen LogP contribution in [0.4, 0.5) is 0 Å². The summed E-state index contributed by atoms with van der Waals surface area (Å²) in [6.45, 7) is 0.154. The van der Waals surface area contributed by atoms with Crippen molar-refractivity contribution in [1.82, 2.24) is 5.32 Å². The van der Waals surface area contributed by atoms with E-state index in [0.29, 0.717) is 16.7 Å². The van der Waals surface area contributed by atoms with Crippen LogP contribution in [0.2, 0.25) is 0 Å². The van der Waals surface area contributed by atoms with Crippen LogP contribution in [0.1, 0.15) is 16.1 Å². The molecule has 0 saturated carbocycles. The van der Waals surface area contributed by atoms with Crippen molar-refractivity contribution in [2.75, 3.05) is 5.75 Å². The Morgan fingerprint density at radius 1 is 1.38 bits per heavy atom. The van der Waals surface area contributed by atoms with E-state index in [-0.39, 0.29) is 23.9 Å². The molecule has 3 rings (SSSR count). The molecule has 2 aromatic rings. The molecule has 1 aromatic heterocycles. The molecular weight excluding hydrogens is 294 g/mol. The van der Waals surface area contributed by atoms with Crippen molar-refractivity contribution in [1.29, 1.82) is 0 Å². The van der Waals surface area contributed by atoms with Crippen molar-refractivity contribution in [3.8, 4) is 0 Å². The molecule has 6 nitrogen and oxygen atoms in total. The van der Waals surface area contributed by atoms with Gasteiger partial charge in [0.15, 0.2) is 9.84 Å². The third-order valence-corrected chi connectivity index (χ3v) is 4.73. The Bertz CT molecular complexity index is 834. The first-order chi connectivity index (χ1) is 9.96. The lowest BCUT2D eigenvalue weighted by Crippen LogP contribution is -2.29. The molecule has 1 aliphatic heterocycles. The average Bonchev–Trinajstić information content (AvgIpc) is 2.95. The number of rotatable bonds is 4. The first-order valence-corrected chi connectivity index (χ1v) is 8.06. The summed E-state index contributed by atoms with van der Waals surface area (Å²) in [7, 11) is -3.14. The van der Waals surface area contributed by atoms with E-state index >= 15 is 0 Å². The van der Waals surface area contributed by atoms with Gasteiger partial charge >= 0.3 is 5.97 Å². The van der Waals surface area contributed by atoms with Crippen LogP contribution in [0.3, 0.4) is 0 Å². The molecule has 1 unspecified atom stereocenters. The predicted molar refractivity (Wildman–Crippen MR) is 76.7 cm³/mol. The van der Waals surface area contributed by atoms with Gasteiger partial charge in [0.1, 0.15) is 16.9 Å². The van der Waals surface area contributed by atoms with Gasteiger partial charge < -0.3 is 14.8 Å². The van der Waals surface area contributed by atoms with E-state index in [0.717, 1.165) is 0 Å². The van der Waals surface area contributed by atoms with Crippen molar-refractivity contribution >= 4 is 26.8 Å². The van der Waals surface area contributed by atoms with Crippen LogP contribution in [0.5, 0.6) is 0 Å². The molecule has 7 heteroatoms. The highest BCUT2D eigenvalue weighted by Gasteiger charge is 2.24. The molecule has 0 fully saturated rings. The van der Waals surface area contributed by atoms with Gasteiger partial charge in [-0.15, -0.1) is 0 Å². The summed E-state index contributed by atoms with van der Waals surface area (Å²) in [6.07, 6.45) is 1.55. The number of carboxylic acid groups (broad SMARTS) is 1. The number of furan rings is 1. The Morgan fingerprint density at radius 3 is 2.81 bits per heavy atom. The third-order valence-electron chi connectivity index (χ3n) is 3.34. The molecule has 0 bridgehead atoms. The lowest BCUT2D eigenvalue weighted by molar-refractivity contribution is 0.0696. The van der Waals surface area contributed by atoms with E-state index in [2.05, 4.69) is 5.32 Å². The summed E-state index contributed by atoms with van der Waals surface area (Å²) in [4.78, 5) is 11.4. The van der Waals surface area contributed by atoms with Gasteiger partial charge in [0.2, 0.25) is 0 Å². The molecule has 2 N–H and O–H groups in total. The zero-order chi connectivity index (χ0) is 15.0. The summed E-state index contributed by atoms with van der Waals surface area (Å²) in [5.74, 6) is -0.789. The van der Waals surface area contributed by atoms with Gasteiger partial charge in [-0.25, -0.2) is 13.2 Å². The number of sulfone groups is 1. The number of carboxylic acids is 1. The summed E-state index contributed by atoms with van der Waals surface area (Å²) < 4.78 is 28.2. The lowest BCUT2D eigenvalue weighted by Gasteiger charge is -2.08. The minimum absolute atomic E-state index is 0.0182. The first-order valence-electron chi connectivity index (χ1n) is 6.34. The second-order valence-electron chi connectivity index (χ2n) is 4.85. The Balaban J connectivity index is 1.86. The van der Waals surface area contributed by atoms with E-state index in [1.807, 2.05) is 0 Å². The number of aromatic carboxylic acids is 1. The maximum atomic E-state index is 11.4. The Kier molecular flexibility index (Phi) is 3.30. The number of nitrogens with one attached hydrogen (secondary N) is 1. The van der Waals surface area contributed by atoms with Crippen molar-refractivity contribution < 1.29 is 22.7 Å². The predicted octanol–water partition coefficient (Wildman–Crippen LogP) is 1.53. The largest absolute Gasteiger partial charge is 0.478 e. The van der Waals surface area contributed by atoms with E-state index in [1.165, 1.54) is 5.41 Å². The van der Waals surface area contributed by atoms with E-state index < -0.39 is 15.8 Å². The van der Waals surface area contributed by atoms with Gasteiger partial charge in [-0.3, -0.25) is 0 Å². The second-order valence-corrected chi connectivity index (χ2v) is 6.78. The fourth-order valence-corrected chi connectivity index (χ4v) is 3.65. The molecule has 0 saturated heterocycles. The van der Waals surface area contributed by atoms with Crippen LogP contribution in [0.25, 0.3) is 11.0 Å². The molecule has 1 atom stereocenters. The molecule has 1 aliphatic rings. The standard InChI is InChI=1S/C14H13NO5S/c16-14(17)13-10-3-1-2-4-11(10)20-12(13)7-15-9-5-6-21(18,19)8-9/h1-6,9,15H,7-8H2,(H,16,17). The van der Waals surface area contributed by atoms with Crippen molar-refractivity contribution in [2.45, 2.75) is 12.6 Å².